The number of ether oxygens (including phenoxy) is 2. The van der Waals surface area contributed by atoms with E-state index in [-0.39, 0.29) is 41.2 Å². The first-order valence-electron chi connectivity index (χ1n) is 15.3. The zero-order chi connectivity index (χ0) is 36.3. The van der Waals surface area contributed by atoms with E-state index in [1.165, 1.54) is 11.0 Å². The molecule has 0 radical (unpaired) electrons. The van der Waals surface area contributed by atoms with Crippen LogP contribution in [0.15, 0.2) is 21.1 Å². The molecule has 266 valence electrons. The van der Waals surface area contributed by atoms with Crippen molar-refractivity contribution in [3.63, 3.8) is 0 Å². The molecule has 6 rings (SSSR count). The third kappa shape index (κ3) is 7.67. The van der Waals surface area contributed by atoms with Crippen molar-refractivity contribution in [2.45, 2.75) is 85.2 Å². The minimum Gasteiger partial charge on any atom is -0.444 e. The third-order valence-corrected chi connectivity index (χ3v) is 9.69. The number of nitrogens with one attached hydrogen (secondary N) is 1. The molecule has 0 unspecified atom stereocenters. The molecule has 49 heavy (non-hydrogen) atoms. The fourth-order valence-electron chi connectivity index (χ4n) is 5.94. The lowest BCUT2D eigenvalue weighted by Gasteiger charge is -2.30. The van der Waals surface area contributed by atoms with Crippen LogP contribution >= 0.6 is 55.1 Å². The van der Waals surface area contributed by atoms with Gasteiger partial charge in [0.15, 0.2) is 11.6 Å². The van der Waals surface area contributed by atoms with E-state index in [9.17, 15) is 27.2 Å². The molecule has 4 aromatic rings. The summed E-state index contributed by atoms with van der Waals surface area (Å²) in [7, 11) is 0. The summed E-state index contributed by atoms with van der Waals surface area (Å²) in [4.78, 5) is 30.8. The smallest absolute Gasteiger partial charge is 0.410 e. The molecule has 2 aliphatic heterocycles. The first-order valence-corrected chi connectivity index (χ1v) is 17.6. The highest BCUT2D eigenvalue weighted by molar-refractivity contribution is 9.11. The maximum absolute atomic E-state index is 14.6. The summed E-state index contributed by atoms with van der Waals surface area (Å²) in [6.07, 6.45) is -0.112. The largest absolute Gasteiger partial charge is 0.444 e. The van der Waals surface area contributed by atoms with Crippen molar-refractivity contribution in [1.82, 2.24) is 19.4 Å². The van der Waals surface area contributed by atoms with Gasteiger partial charge in [-0.3, -0.25) is 4.57 Å². The molecule has 0 saturated carbocycles. The Hall–Kier alpha value is -2.68. The lowest BCUT2D eigenvalue weighted by molar-refractivity contribution is 0.0209. The lowest BCUT2D eigenvalue weighted by Crippen LogP contribution is -2.40. The molecule has 4 heterocycles. The molecule has 1 N–H and O–H groups in total. The average Bonchev–Trinajstić information content (AvgIpc) is 3.54. The van der Waals surface area contributed by atoms with Crippen LogP contribution in [0.3, 0.4) is 0 Å². The molecular weight excluding hydrogens is 823 g/mol. The van der Waals surface area contributed by atoms with Crippen LogP contribution in [0, 0.1) is 11.6 Å². The fraction of sp³-hybridized carbons (Fsp3) is 0.455. The van der Waals surface area contributed by atoms with Crippen LogP contribution in [0.1, 0.15) is 70.6 Å². The van der Waals surface area contributed by atoms with Crippen LogP contribution in [0.25, 0.3) is 21.8 Å². The minimum atomic E-state index is -2.92. The number of rotatable bonds is 1. The van der Waals surface area contributed by atoms with E-state index in [1.807, 2.05) is 20.8 Å². The van der Waals surface area contributed by atoms with E-state index in [0.29, 0.717) is 55.2 Å². The van der Waals surface area contributed by atoms with Gasteiger partial charge in [0.1, 0.15) is 11.2 Å². The van der Waals surface area contributed by atoms with Crippen LogP contribution in [-0.4, -0.2) is 55.8 Å². The van der Waals surface area contributed by atoms with Crippen molar-refractivity contribution in [1.29, 1.82) is 0 Å². The van der Waals surface area contributed by atoms with Gasteiger partial charge < -0.3 is 24.3 Å². The molecule has 0 fully saturated rings. The monoisotopic (exact) mass is 854 g/mol. The Labute approximate surface area is 307 Å². The van der Waals surface area contributed by atoms with Gasteiger partial charge in [-0.05, 0) is 53.7 Å². The number of carbonyl (C=O) groups excluding carboxylic acids is 2. The number of nitrogens with zero attached hydrogens (tertiary/aromatic N) is 3. The predicted octanol–water partition coefficient (Wildman–Crippen LogP) is 10.9. The Morgan fingerprint density at radius 2 is 1.31 bits per heavy atom. The van der Waals surface area contributed by atoms with Gasteiger partial charge in [0, 0.05) is 68.2 Å². The highest BCUT2D eigenvalue weighted by atomic mass is 79.9. The number of fused-ring (bicyclic) bond motifs is 6. The Morgan fingerprint density at radius 1 is 0.816 bits per heavy atom. The molecule has 2 aromatic carbocycles. The van der Waals surface area contributed by atoms with E-state index in [2.05, 4.69) is 36.8 Å². The van der Waals surface area contributed by atoms with Gasteiger partial charge in [-0.15, -0.1) is 0 Å². The number of aromatic amines is 1. The molecule has 0 atom stereocenters. The van der Waals surface area contributed by atoms with Gasteiger partial charge >= 0.3 is 18.7 Å². The topological polar surface area (TPSA) is 79.8 Å². The highest BCUT2D eigenvalue weighted by Crippen LogP contribution is 2.42. The van der Waals surface area contributed by atoms with Gasteiger partial charge in [-0.2, -0.15) is 8.78 Å². The van der Waals surface area contributed by atoms with Gasteiger partial charge in [-0.1, -0.05) is 55.1 Å². The summed E-state index contributed by atoms with van der Waals surface area (Å²) in [5, 5.41) is 0.850. The van der Waals surface area contributed by atoms with Crippen molar-refractivity contribution in [2.75, 3.05) is 13.1 Å². The summed E-state index contributed by atoms with van der Waals surface area (Å²) in [5.74, 6) is -1.37. The van der Waals surface area contributed by atoms with Crippen LogP contribution in [0.4, 0.5) is 27.2 Å². The zero-order valence-electron chi connectivity index (χ0n) is 27.5. The molecule has 8 nitrogen and oxygen atoms in total. The number of H-pyrrole nitrogens is 1. The lowest BCUT2D eigenvalue weighted by atomic mass is 10.0. The number of alkyl halides is 2. The number of carbonyl (C=O) groups is 2. The number of hydrogen-bond donors (Lipinski definition) is 1. The maximum Gasteiger partial charge on any atom is 0.410 e. The summed E-state index contributed by atoms with van der Waals surface area (Å²) >= 11 is 18.5. The number of aromatic nitrogens is 2. The Kier molecular flexibility index (Phi) is 10.6. The molecule has 2 aromatic heterocycles. The SMILES string of the molecule is CC(C)(C)OC(=O)N1CCc2[nH]c3c(F)c(Cl)cc(Br)c3c2C1.CC(C)(C)OC(=O)N1CCc2c(c3c(Br)cc(Cl)c(F)c3n2C(F)F)C1. The van der Waals surface area contributed by atoms with Gasteiger partial charge in [0.05, 0.1) is 34.2 Å². The van der Waals surface area contributed by atoms with Crippen LogP contribution < -0.4 is 0 Å². The molecule has 2 amide bonds. The molecule has 16 heteroatoms. The fourth-order valence-corrected chi connectivity index (χ4v) is 7.93. The first kappa shape index (κ1) is 37.6. The highest BCUT2D eigenvalue weighted by Gasteiger charge is 2.34. The summed E-state index contributed by atoms with van der Waals surface area (Å²) < 4.78 is 68.7. The second kappa shape index (κ2) is 13.8. The molecule has 0 saturated heterocycles. The molecule has 0 aliphatic carbocycles. The van der Waals surface area contributed by atoms with E-state index in [0.717, 1.165) is 16.6 Å². The normalized spacial score (nSPS) is 14.9. The Morgan fingerprint density at radius 3 is 1.84 bits per heavy atom. The molecular formula is C33H34Br2Cl2F4N4O4. The average molecular weight is 857 g/mol. The molecule has 2 aliphatic rings. The van der Waals surface area contributed by atoms with Gasteiger partial charge in [0.25, 0.3) is 0 Å². The van der Waals surface area contributed by atoms with E-state index in [4.69, 9.17) is 32.7 Å². The first-order chi connectivity index (χ1) is 22.7. The molecule has 0 spiro atoms. The van der Waals surface area contributed by atoms with Crippen molar-refractivity contribution < 1.29 is 36.6 Å². The standard InChI is InChI=1S/C17H17BrClF3N2O2.C16H17BrClFN2O2/c1-17(2,3)26-16(25)23-5-4-11-8(7-23)12-9(18)6-10(19)13(20)14(12)24(11)15(21)22;1-16(2,3)23-15(22)21-5-4-11-8(7-21)12-9(17)6-10(18)13(19)14(12)20-11/h6,15H,4-5,7H2,1-3H3;6,20H,4-5,7H2,1-3H3. The van der Waals surface area contributed by atoms with Crippen molar-refractivity contribution in [3.05, 3.63) is 65.3 Å². The summed E-state index contributed by atoms with van der Waals surface area (Å²) in [5.41, 5.74) is 1.51. The second-order valence-electron chi connectivity index (χ2n) is 13.7. The Bertz CT molecular complexity index is 1970. The van der Waals surface area contributed by atoms with Crippen molar-refractivity contribution in [3.8, 4) is 0 Å². The van der Waals surface area contributed by atoms with Crippen LogP contribution in [0.5, 0.6) is 0 Å². The number of benzene rings is 2. The van der Waals surface area contributed by atoms with Crippen LogP contribution in [0.2, 0.25) is 10.0 Å². The summed E-state index contributed by atoms with van der Waals surface area (Å²) in [6.45, 7) is 8.99. The number of hydrogen-bond acceptors (Lipinski definition) is 4. The van der Waals surface area contributed by atoms with Gasteiger partial charge in [-0.25, -0.2) is 18.4 Å². The number of halogens is 8. The van der Waals surface area contributed by atoms with Crippen molar-refractivity contribution >= 4 is 89.1 Å². The van der Waals surface area contributed by atoms with E-state index >= 15 is 0 Å². The maximum atomic E-state index is 14.6. The quantitative estimate of drug-likeness (QED) is 0.153. The van der Waals surface area contributed by atoms with Crippen LogP contribution in [-0.2, 0) is 35.4 Å². The zero-order valence-corrected chi connectivity index (χ0v) is 32.2. The minimum absolute atomic E-state index is 0.0557. The third-order valence-electron chi connectivity index (χ3n) is 7.89. The molecule has 0 bridgehead atoms. The second-order valence-corrected chi connectivity index (χ2v) is 16.3. The Balaban J connectivity index is 0.000000192. The van der Waals surface area contributed by atoms with Crippen molar-refractivity contribution in [2.24, 2.45) is 0 Å². The van der Waals surface area contributed by atoms with Gasteiger partial charge in [0.2, 0.25) is 0 Å². The number of amides is 2. The van der Waals surface area contributed by atoms with E-state index < -0.39 is 35.5 Å². The van der Waals surface area contributed by atoms with E-state index in [1.54, 1.807) is 31.7 Å². The predicted molar refractivity (Wildman–Crippen MR) is 188 cm³/mol. The summed E-state index contributed by atoms with van der Waals surface area (Å²) in [6, 6.07) is 2.88.